The van der Waals surface area contributed by atoms with Crippen LogP contribution in [-0.2, 0) is 4.79 Å². The number of benzene rings is 1. The average molecular weight is 327 g/mol. The number of hydrogen-bond donors (Lipinski definition) is 3. The number of piperidine rings is 1. The number of aromatic carboxylic acids is 1. The van der Waals surface area contributed by atoms with Crippen LogP contribution in [0.5, 0.6) is 0 Å². The largest absolute Gasteiger partial charge is 0.478 e. The first kappa shape index (κ1) is 14.0. The topological polar surface area (TPSA) is 78.4 Å². The van der Waals surface area contributed by atoms with E-state index in [9.17, 15) is 9.59 Å². The Kier molecular flexibility index (Phi) is 4.55. The maximum Gasteiger partial charge on any atom is 0.335 e. The monoisotopic (exact) mass is 326 g/mol. The van der Waals surface area contributed by atoms with Gasteiger partial charge in [0.2, 0.25) is 5.91 Å². The first-order chi connectivity index (χ1) is 9.08. The maximum atomic E-state index is 12.1. The number of halogens is 1. The summed E-state index contributed by atoms with van der Waals surface area (Å²) < 4.78 is 0.668. The third kappa shape index (κ3) is 3.54. The van der Waals surface area contributed by atoms with E-state index in [4.69, 9.17) is 5.11 Å². The summed E-state index contributed by atoms with van der Waals surface area (Å²) in [5.41, 5.74) is 0.632. The molecule has 1 saturated heterocycles. The zero-order chi connectivity index (χ0) is 13.8. The Morgan fingerprint density at radius 1 is 1.37 bits per heavy atom. The van der Waals surface area contributed by atoms with E-state index in [0.29, 0.717) is 10.2 Å². The average Bonchev–Trinajstić information content (AvgIpc) is 2.42. The molecule has 1 aromatic rings. The first-order valence-electron chi connectivity index (χ1n) is 6.15. The molecule has 1 fully saturated rings. The lowest BCUT2D eigenvalue weighted by atomic mass is 10.0. The molecule has 2 rings (SSSR count). The Morgan fingerprint density at radius 3 is 2.79 bits per heavy atom. The number of hydrogen-bond acceptors (Lipinski definition) is 3. The van der Waals surface area contributed by atoms with Crippen molar-refractivity contribution in [3.8, 4) is 0 Å². The zero-order valence-electron chi connectivity index (χ0n) is 10.3. The van der Waals surface area contributed by atoms with Gasteiger partial charge in [-0.25, -0.2) is 4.79 Å². The highest BCUT2D eigenvalue weighted by atomic mass is 79.9. The number of carboxylic acids is 1. The van der Waals surface area contributed by atoms with E-state index >= 15 is 0 Å². The fraction of sp³-hybridized carbons (Fsp3) is 0.385. The second-order valence-electron chi connectivity index (χ2n) is 4.49. The fourth-order valence-corrected chi connectivity index (χ4v) is 2.40. The second-order valence-corrected chi connectivity index (χ2v) is 5.35. The van der Waals surface area contributed by atoms with Crippen molar-refractivity contribution in [2.75, 3.05) is 11.9 Å². The number of anilines is 1. The van der Waals surface area contributed by atoms with Crippen molar-refractivity contribution < 1.29 is 14.7 Å². The van der Waals surface area contributed by atoms with Gasteiger partial charge in [-0.1, -0.05) is 6.42 Å². The van der Waals surface area contributed by atoms with Gasteiger partial charge in [0.15, 0.2) is 0 Å². The number of carboxylic acid groups (broad SMARTS) is 1. The molecule has 0 spiro atoms. The highest BCUT2D eigenvalue weighted by Crippen LogP contribution is 2.24. The molecule has 1 aliphatic heterocycles. The summed E-state index contributed by atoms with van der Waals surface area (Å²) in [7, 11) is 0. The number of amides is 1. The predicted octanol–water partition coefficient (Wildman–Crippen LogP) is 2.23. The molecule has 1 heterocycles. The van der Waals surface area contributed by atoms with Crippen molar-refractivity contribution in [1.82, 2.24) is 5.32 Å². The minimum absolute atomic E-state index is 0.122. The highest BCUT2D eigenvalue weighted by molar-refractivity contribution is 9.10. The summed E-state index contributed by atoms with van der Waals surface area (Å²) >= 11 is 3.30. The van der Waals surface area contributed by atoms with Crippen LogP contribution in [0.2, 0.25) is 0 Å². The summed E-state index contributed by atoms with van der Waals surface area (Å²) in [4.78, 5) is 23.0. The van der Waals surface area contributed by atoms with Gasteiger partial charge >= 0.3 is 5.97 Å². The SMILES string of the molecule is O=C(O)c1ccc(Br)c(NC(=O)C2CCCCN2)c1. The summed E-state index contributed by atoms with van der Waals surface area (Å²) in [5.74, 6) is -1.14. The van der Waals surface area contributed by atoms with E-state index in [0.717, 1.165) is 25.8 Å². The van der Waals surface area contributed by atoms with Crippen molar-refractivity contribution in [3.05, 3.63) is 28.2 Å². The van der Waals surface area contributed by atoms with Crippen molar-refractivity contribution in [2.45, 2.75) is 25.3 Å². The molecular formula is C13H15BrN2O3. The normalized spacial score (nSPS) is 18.9. The number of carbonyl (C=O) groups is 2. The highest BCUT2D eigenvalue weighted by Gasteiger charge is 2.21. The molecule has 5 nitrogen and oxygen atoms in total. The van der Waals surface area contributed by atoms with Crippen molar-refractivity contribution >= 4 is 33.5 Å². The van der Waals surface area contributed by atoms with E-state index in [1.807, 2.05) is 0 Å². The van der Waals surface area contributed by atoms with Crippen LogP contribution in [0, 0.1) is 0 Å². The van der Waals surface area contributed by atoms with Crippen molar-refractivity contribution in [1.29, 1.82) is 0 Å². The minimum Gasteiger partial charge on any atom is -0.478 e. The molecule has 0 saturated carbocycles. The third-order valence-corrected chi connectivity index (χ3v) is 3.79. The molecule has 6 heteroatoms. The van der Waals surface area contributed by atoms with Crippen LogP contribution in [0.4, 0.5) is 5.69 Å². The Morgan fingerprint density at radius 2 is 2.16 bits per heavy atom. The Labute approximate surface area is 119 Å². The van der Waals surface area contributed by atoms with Gasteiger partial charge in [0.25, 0.3) is 0 Å². The van der Waals surface area contributed by atoms with E-state index in [1.165, 1.54) is 12.1 Å². The van der Waals surface area contributed by atoms with Crippen LogP contribution < -0.4 is 10.6 Å². The molecule has 102 valence electrons. The summed E-state index contributed by atoms with van der Waals surface area (Å²) in [6.07, 6.45) is 2.92. The molecule has 1 aliphatic rings. The van der Waals surface area contributed by atoms with Gasteiger partial charge in [-0.2, -0.15) is 0 Å². The van der Waals surface area contributed by atoms with Gasteiger partial charge in [-0.05, 0) is 53.5 Å². The first-order valence-corrected chi connectivity index (χ1v) is 6.94. The van der Waals surface area contributed by atoms with E-state index < -0.39 is 5.97 Å². The summed E-state index contributed by atoms with van der Waals surface area (Å²) in [5, 5.41) is 14.9. The third-order valence-electron chi connectivity index (χ3n) is 3.10. The van der Waals surface area contributed by atoms with E-state index in [-0.39, 0.29) is 17.5 Å². The standard InChI is InChI=1S/C13H15BrN2O3/c14-9-5-4-8(13(18)19)7-11(9)16-12(17)10-3-1-2-6-15-10/h4-5,7,10,15H,1-3,6H2,(H,16,17)(H,18,19). The Bertz CT molecular complexity index is 499. The van der Waals surface area contributed by atoms with Gasteiger partial charge in [0, 0.05) is 4.47 Å². The second kappa shape index (κ2) is 6.16. The maximum absolute atomic E-state index is 12.1. The van der Waals surface area contributed by atoms with Crippen LogP contribution in [-0.4, -0.2) is 29.6 Å². The molecule has 3 N–H and O–H groups in total. The van der Waals surface area contributed by atoms with Crippen LogP contribution in [0.25, 0.3) is 0 Å². The lowest BCUT2D eigenvalue weighted by Gasteiger charge is -2.22. The van der Waals surface area contributed by atoms with Crippen LogP contribution in [0.3, 0.4) is 0 Å². The quantitative estimate of drug-likeness (QED) is 0.795. The molecule has 1 aromatic carbocycles. The predicted molar refractivity (Wildman–Crippen MR) is 75.4 cm³/mol. The Hall–Kier alpha value is -1.40. The minimum atomic E-state index is -1.02. The van der Waals surface area contributed by atoms with E-state index in [1.54, 1.807) is 6.07 Å². The number of carbonyl (C=O) groups excluding carboxylic acids is 1. The fourth-order valence-electron chi connectivity index (χ4n) is 2.05. The van der Waals surface area contributed by atoms with Crippen molar-refractivity contribution in [3.63, 3.8) is 0 Å². The molecule has 0 radical (unpaired) electrons. The van der Waals surface area contributed by atoms with Crippen molar-refractivity contribution in [2.24, 2.45) is 0 Å². The van der Waals surface area contributed by atoms with Gasteiger partial charge in [-0.3, -0.25) is 4.79 Å². The zero-order valence-corrected chi connectivity index (χ0v) is 11.9. The van der Waals surface area contributed by atoms with Gasteiger partial charge in [-0.15, -0.1) is 0 Å². The molecule has 0 aromatic heterocycles. The van der Waals surface area contributed by atoms with E-state index in [2.05, 4.69) is 26.6 Å². The molecule has 1 amide bonds. The number of nitrogens with one attached hydrogen (secondary N) is 2. The molecule has 1 atom stereocenters. The summed E-state index contributed by atoms with van der Waals surface area (Å²) in [6, 6.07) is 4.36. The van der Waals surface area contributed by atoms with Gasteiger partial charge in [0.05, 0.1) is 17.3 Å². The van der Waals surface area contributed by atoms with Gasteiger partial charge < -0.3 is 15.7 Å². The van der Waals surface area contributed by atoms with Crippen LogP contribution in [0.1, 0.15) is 29.6 Å². The smallest absolute Gasteiger partial charge is 0.335 e. The summed E-state index contributed by atoms with van der Waals surface area (Å²) in [6.45, 7) is 0.842. The lowest BCUT2D eigenvalue weighted by Crippen LogP contribution is -2.43. The molecule has 0 aliphatic carbocycles. The van der Waals surface area contributed by atoms with Crippen LogP contribution >= 0.6 is 15.9 Å². The molecule has 1 unspecified atom stereocenters. The Balaban J connectivity index is 2.11. The van der Waals surface area contributed by atoms with Gasteiger partial charge in [0.1, 0.15) is 0 Å². The lowest BCUT2D eigenvalue weighted by molar-refractivity contribution is -0.118. The molecular weight excluding hydrogens is 312 g/mol. The molecule has 0 bridgehead atoms. The van der Waals surface area contributed by atoms with Crippen LogP contribution in [0.15, 0.2) is 22.7 Å². The molecule has 19 heavy (non-hydrogen) atoms. The number of rotatable bonds is 3.